The van der Waals surface area contributed by atoms with E-state index < -0.39 is 0 Å². The van der Waals surface area contributed by atoms with Crippen molar-refractivity contribution in [3.05, 3.63) is 76.3 Å². The zero-order valence-corrected chi connectivity index (χ0v) is 14.3. The van der Waals surface area contributed by atoms with E-state index in [1.165, 1.54) is 0 Å². The molecule has 0 saturated heterocycles. The number of hydrogen-bond acceptors (Lipinski definition) is 4. The number of hydrogen-bond donors (Lipinski definition) is 0. The maximum Gasteiger partial charge on any atom is 0.250 e. The Morgan fingerprint density at radius 1 is 1.04 bits per heavy atom. The Morgan fingerprint density at radius 3 is 2.62 bits per heavy atom. The number of nitrogens with zero attached hydrogens (tertiary/aromatic N) is 1. The third-order valence-corrected chi connectivity index (χ3v) is 4.23. The number of ketones is 1. The summed E-state index contributed by atoms with van der Waals surface area (Å²) in [5, 5.41) is 0.858. The number of aryl methyl sites for hydroxylation is 1. The highest BCUT2D eigenvalue weighted by Crippen LogP contribution is 2.27. The van der Waals surface area contributed by atoms with Crippen molar-refractivity contribution in [3.63, 3.8) is 0 Å². The molecular weight excluding hydrogens is 370 g/mol. The fourth-order valence-electron chi connectivity index (χ4n) is 2.55. The van der Waals surface area contributed by atoms with Crippen molar-refractivity contribution >= 4 is 32.7 Å². The van der Waals surface area contributed by atoms with Crippen LogP contribution in [0.5, 0.6) is 0 Å². The second-order valence-electron chi connectivity index (χ2n) is 5.41. The molecule has 4 aromatic rings. The summed E-state index contributed by atoms with van der Waals surface area (Å²) in [6.45, 7) is 1.73. The molecule has 4 nitrogen and oxygen atoms in total. The summed E-state index contributed by atoms with van der Waals surface area (Å²) in [5.41, 5.74) is 1.76. The molecule has 4 rings (SSSR count). The van der Waals surface area contributed by atoms with E-state index in [1.54, 1.807) is 13.0 Å². The van der Waals surface area contributed by atoms with Gasteiger partial charge in [0.1, 0.15) is 11.3 Å². The van der Waals surface area contributed by atoms with Crippen LogP contribution in [-0.4, -0.2) is 10.8 Å². The fourth-order valence-corrected chi connectivity index (χ4v) is 2.93. The summed E-state index contributed by atoms with van der Waals surface area (Å²) < 4.78 is 12.2. The lowest BCUT2D eigenvalue weighted by Crippen LogP contribution is -2.02. The molecule has 0 atom stereocenters. The van der Waals surface area contributed by atoms with Crippen LogP contribution in [0.2, 0.25) is 0 Å². The van der Waals surface area contributed by atoms with Crippen LogP contribution >= 0.6 is 15.9 Å². The van der Waals surface area contributed by atoms with Gasteiger partial charge in [-0.05, 0) is 43.3 Å². The van der Waals surface area contributed by atoms with E-state index in [1.807, 2.05) is 48.5 Å². The van der Waals surface area contributed by atoms with Gasteiger partial charge in [-0.25, -0.2) is 4.98 Å². The van der Waals surface area contributed by atoms with E-state index in [0.29, 0.717) is 17.2 Å². The van der Waals surface area contributed by atoms with Gasteiger partial charge in [0.2, 0.25) is 11.7 Å². The number of aromatic nitrogens is 1. The molecule has 0 amide bonds. The minimum atomic E-state index is -0.286. The van der Waals surface area contributed by atoms with Crippen molar-refractivity contribution in [2.75, 3.05) is 0 Å². The third-order valence-electron chi connectivity index (χ3n) is 3.73. The van der Waals surface area contributed by atoms with Crippen molar-refractivity contribution in [1.29, 1.82) is 0 Å². The van der Waals surface area contributed by atoms with E-state index in [-0.39, 0.29) is 17.2 Å². The molecule has 24 heavy (non-hydrogen) atoms. The number of halogens is 1. The Balaban J connectivity index is 1.75. The Bertz CT molecular complexity index is 1050. The lowest BCUT2D eigenvalue weighted by Gasteiger charge is -1.92. The molecule has 0 N–H and O–H groups in total. The summed E-state index contributed by atoms with van der Waals surface area (Å²) in [6, 6.07) is 16.8. The highest BCUT2D eigenvalue weighted by atomic mass is 79.9. The van der Waals surface area contributed by atoms with Gasteiger partial charge in [0.25, 0.3) is 0 Å². The van der Waals surface area contributed by atoms with E-state index in [9.17, 15) is 4.79 Å². The van der Waals surface area contributed by atoms with Crippen molar-refractivity contribution in [2.45, 2.75) is 6.92 Å². The molecule has 0 bridgehead atoms. The SMILES string of the molecule is Cc1oc(-c2ccccc2)nc1C(=O)c1cc2cc(Br)ccc2o1. The first-order valence-corrected chi connectivity index (χ1v) is 8.18. The van der Waals surface area contributed by atoms with E-state index in [4.69, 9.17) is 8.83 Å². The fraction of sp³-hybridized carbons (Fsp3) is 0.0526. The minimum absolute atomic E-state index is 0.249. The molecule has 0 fully saturated rings. The molecule has 0 aliphatic carbocycles. The summed E-state index contributed by atoms with van der Waals surface area (Å²) in [6.07, 6.45) is 0. The monoisotopic (exact) mass is 381 g/mol. The first-order chi connectivity index (χ1) is 11.6. The van der Waals surface area contributed by atoms with Gasteiger partial charge < -0.3 is 8.83 Å². The van der Waals surface area contributed by atoms with Crippen molar-refractivity contribution < 1.29 is 13.6 Å². The van der Waals surface area contributed by atoms with Gasteiger partial charge in [-0.15, -0.1) is 0 Å². The van der Waals surface area contributed by atoms with Crippen LogP contribution in [0.3, 0.4) is 0 Å². The van der Waals surface area contributed by atoms with Crippen molar-refractivity contribution in [3.8, 4) is 11.5 Å². The first kappa shape index (κ1) is 14.9. The van der Waals surface area contributed by atoms with Crippen LogP contribution in [0.4, 0.5) is 0 Å². The van der Waals surface area contributed by atoms with Gasteiger partial charge in [-0.2, -0.15) is 0 Å². The van der Waals surface area contributed by atoms with Crippen LogP contribution < -0.4 is 0 Å². The van der Waals surface area contributed by atoms with Crippen LogP contribution in [0.1, 0.15) is 22.0 Å². The highest BCUT2D eigenvalue weighted by Gasteiger charge is 2.22. The van der Waals surface area contributed by atoms with Crippen LogP contribution in [0, 0.1) is 6.92 Å². The van der Waals surface area contributed by atoms with Crippen LogP contribution in [0.15, 0.2) is 67.9 Å². The molecule has 0 unspecified atom stereocenters. The van der Waals surface area contributed by atoms with Gasteiger partial charge in [-0.1, -0.05) is 34.1 Å². The molecule has 5 heteroatoms. The van der Waals surface area contributed by atoms with E-state index in [0.717, 1.165) is 15.4 Å². The summed E-state index contributed by atoms with van der Waals surface area (Å²) in [7, 11) is 0. The Morgan fingerprint density at radius 2 is 1.83 bits per heavy atom. The normalized spacial score (nSPS) is 11.1. The average Bonchev–Trinajstić information content (AvgIpc) is 3.18. The molecule has 2 aromatic heterocycles. The molecule has 0 saturated carbocycles. The lowest BCUT2D eigenvalue weighted by molar-refractivity contribution is 0.101. The van der Waals surface area contributed by atoms with Crippen LogP contribution in [-0.2, 0) is 0 Å². The topological polar surface area (TPSA) is 56.2 Å². The molecular formula is C19H12BrNO3. The van der Waals surface area contributed by atoms with Crippen molar-refractivity contribution in [1.82, 2.24) is 4.98 Å². The smallest absolute Gasteiger partial charge is 0.250 e. The van der Waals surface area contributed by atoms with Crippen LogP contribution in [0.25, 0.3) is 22.4 Å². The van der Waals surface area contributed by atoms with Gasteiger partial charge in [0.15, 0.2) is 11.5 Å². The number of furan rings is 1. The predicted molar refractivity (Wildman–Crippen MR) is 94.0 cm³/mol. The second kappa shape index (κ2) is 5.76. The van der Waals surface area contributed by atoms with Gasteiger partial charge in [-0.3, -0.25) is 4.79 Å². The molecule has 0 radical (unpaired) electrons. The quantitative estimate of drug-likeness (QED) is 0.446. The van der Waals surface area contributed by atoms with Gasteiger partial charge in [0, 0.05) is 15.4 Å². The molecule has 2 aromatic carbocycles. The average molecular weight is 382 g/mol. The van der Waals surface area contributed by atoms with E-state index in [2.05, 4.69) is 20.9 Å². The molecule has 0 aliphatic heterocycles. The maximum atomic E-state index is 12.7. The Labute approximate surface area is 146 Å². The van der Waals surface area contributed by atoms with E-state index >= 15 is 0 Å². The Kier molecular flexibility index (Phi) is 3.58. The number of carbonyl (C=O) groups is 1. The number of oxazole rings is 1. The lowest BCUT2D eigenvalue weighted by atomic mass is 10.2. The largest absolute Gasteiger partial charge is 0.453 e. The highest BCUT2D eigenvalue weighted by molar-refractivity contribution is 9.10. The summed E-state index contributed by atoms with van der Waals surface area (Å²) >= 11 is 3.41. The van der Waals surface area contributed by atoms with Crippen molar-refractivity contribution in [2.24, 2.45) is 0 Å². The first-order valence-electron chi connectivity index (χ1n) is 7.38. The van der Waals surface area contributed by atoms with Gasteiger partial charge in [0.05, 0.1) is 0 Å². The number of benzene rings is 2. The number of fused-ring (bicyclic) bond motifs is 1. The zero-order valence-electron chi connectivity index (χ0n) is 12.7. The standard InChI is InChI=1S/C19H12BrNO3/c1-11-17(21-19(23-11)12-5-3-2-4-6-12)18(22)16-10-13-9-14(20)7-8-15(13)24-16/h2-10H,1H3. The zero-order chi connectivity index (χ0) is 16.7. The second-order valence-corrected chi connectivity index (χ2v) is 6.33. The van der Waals surface area contributed by atoms with Gasteiger partial charge >= 0.3 is 0 Å². The predicted octanol–water partition coefficient (Wildman–Crippen LogP) is 5.39. The summed E-state index contributed by atoms with van der Waals surface area (Å²) in [4.78, 5) is 17.1. The third kappa shape index (κ3) is 2.57. The number of carbonyl (C=O) groups excluding carboxylic acids is 1. The molecule has 0 aliphatic rings. The number of rotatable bonds is 3. The Hall–Kier alpha value is -2.66. The molecule has 2 heterocycles. The molecule has 118 valence electrons. The molecule has 0 spiro atoms. The maximum absolute atomic E-state index is 12.7. The minimum Gasteiger partial charge on any atom is -0.453 e. The summed E-state index contributed by atoms with van der Waals surface area (Å²) in [5.74, 6) is 0.862.